The molecule has 0 bridgehead atoms. The van der Waals surface area contributed by atoms with Crippen molar-refractivity contribution in [3.05, 3.63) is 210 Å². The van der Waals surface area contributed by atoms with Crippen molar-refractivity contribution in [2.24, 2.45) is 0 Å². The first-order chi connectivity index (χ1) is 33.9. The number of carbonyl (C=O) groups is 3. The van der Waals surface area contributed by atoms with Gasteiger partial charge in [-0.25, -0.2) is 21.2 Å². The highest BCUT2D eigenvalue weighted by molar-refractivity contribution is 7.89. The molecular formula is C53H47N9O6S2. The molecule has 15 nitrogen and oxygen atoms in total. The third-order valence-electron chi connectivity index (χ3n) is 11.9. The van der Waals surface area contributed by atoms with Crippen LogP contribution in [0.4, 0.5) is 5.69 Å². The van der Waals surface area contributed by atoms with Crippen LogP contribution >= 0.6 is 0 Å². The number of amides is 3. The van der Waals surface area contributed by atoms with Crippen LogP contribution < -0.4 is 16.4 Å². The van der Waals surface area contributed by atoms with Crippen LogP contribution in [0.2, 0.25) is 0 Å². The molecule has 1 atom stereocenters. The topological polar surface area (TPSA) is 216 Å². The number of aromatic nitrogens is 4. The first-order valence-corrected chi connectivity index (χ1v) is 24.7. The smallest absolute Gasteiger partial charge is 0.267 e. The Morgan fingerprint density at radius 1 is 0.643 bits per heavy atom. The van der Waals surface area contributed by atoms with E-state index in [0.717, 1.165) is 42.8 Å². The Morgan fingerprint density at radius 2 is 1.19 bits per heavy atom. The minimum Gasteiger partial charge on any atom is -0.398 e. The number of hydrogen-bond acceptors (Lipinski definition) is 9. The maximum absolute atomic E-state index is 14.4. The normalized spacial score (nSPS) is 12.0. The van der Waals surface area contributed by atoms with Gasteiger partial charge < -0.3 is 26.3 Å². The van der Waals surface area contributed by atoms with Crippen LogP contribution in [0.5, 0.6) is 0 Å². The van der Waals surface area contributed by atoms with Gasteiger partial charge in [0, 0.05) is 91.1 Å². The summed E-state index contributed by atoms with van der Waals surface area (Å²) in [6.07, 6.45) is 6.41. The van der Waals surface area contributed by atoms with Crippen molar-refractivity contribution in [3.63, 3.8) is 0 Å². The molecule has 0 spiro atoms. The molecule has 3 amide bonds. The van der Waals surface area contributed by atoms with Gasteiger partial charge in [-0.1, -0.05) is 91.0 Å². The molecule has 6 N–H and O–H groups in total. The zero-order valence-electron chi connectivity index (χ0n) is 37.8. The van der Waals surface area contributed by atoms with Gasteiger partial charge in [0.15, 0.2) is 0 Å². The van der Waals surface area contributed by atoms with Gasteiger partial charge in [-0.05, 0) is 88.0 Å². The van der Waals surface area contributed by atoms with Gasteiger partial charge in [-0.3, -0.25) is 24.4 Å². The van der Waals surface area contributed by atoms with Gasteiger partial charge in [0.25, 0.3) is 21.8 Å². The highest BCUT2D eigenvalue weighted by atomic mass is 32.2. The summed E-state index contributed by atoms with van der Waals surface area (Å²) in [7, 11) is -4.81. The van der Waals surface area contributed by atoms with Crippen molar-refractivity contribution in [1.29, 1.82) is 0 Å². The highest BCUT2D eigenvalue weighted by Crippen LogP contribution is 2.32. The number of aromatic amines is 2. The van der Waals surface area contributed by atoms with Crippen LogP contribution in [0.1, 0.15) is 48.8 Å². The Labute approximate surface area is 406 Å². The van der Waals surface area contributed by atoms with Crippen LogP contribution in [0.15, 0.2) is 180 Å². The third-order valence-corrected chi connectivity index (χ3v) is 15.1. The van der Waals surface area contributed by atoms with Gasteiger partial charge in [0.05, 0.1) is 16.2 Å². The fraction of sp³-hybridized carbons (Fsp3) is 0.113. The zero-order valence-corrected chi connectivity index (χ0v) is 39.5. The summed E-state index contributed by atoms with van der Waals surface area (Å²) in [4.78, 5) is 54.6. The molecule has 0 aliphatic heterocycles. The van der Waals surface area contributed by atoms with Crippen molar-refractivity contribution in [1.82, 2.24) is 39.2 Å². The predicted octanol–water partition coefficient (Wildman–Crippen LogP) is 7.66. The number of pyridine rings is 2. The highest BCUT2D eigenvalue weighted by Gasteiger charge is 2.29. The number of nitrogen functional groups attached to an aromatic ring is 1. The number of sulfonamides is 1. The fourth-order valence-electron chi connectivity index (χ4n) is 7.96. The van der Waals surface area contributed by atoms with Crippen LogP contribution in [0, 0.1) is 0 Å². The van der Waals surface area contributed by atoms with Crippen molar-refractivity contribution in [2.45, 2.75) is 42.4 Å². The zero-order chi connectivity index (χ0) is 48.8. The fourth-order valence-corrected chi connectivity index (χ4v) is 10.5. The summed E-state index contributed by atoms with van der Waals surface area (Å²) in [5.74, 6) is -1.29. The quantitative estimate of drug-likeness (QED) is 0.0566. The maximum Gasteiger partial charge on any atom is 0.267 e. The van der Waals surface area contributed by atoms with Crippen molar-refractivity contribution in [2.75, 3.05) is 12.8 Å². The molecule has 17 heteroatoms. The number of nitrogens with two attached hydrogens (primary N) is 1. The Morgan fingerprint density at radius 3 is 1.79 bits per heavy atom. The number of nitrogens with one attached hydrogen (secondary N) is 4. The Kier molecular flexibility index (Phi) is 13.7. The summed E-state index contributed by atoms with van der Waals surface area (Å²) in [5.41, 5.74) is 13.4. The van der Waals surface area contributed by atoms with E-state index in [4.69, 9.17) is 5.73 Å². The first kappa shape index (κ1) is 46.8. The molecule has 0 saturated carbocycles. The second-order valence-corrected chi connectivity index (χ2v) is 20.0. The molecule has 5 aromatic carbocycles. The SMILES string of the molecule is CN(C(=O)Cc1ccccc1N)S(=O)(=O)c1ccc(CNC(=O)c2cc3cnccc3[nH]2)cc1-c1ccc(CN(Cc2ccccc2)S(=O)c2ccc(CNC(=O)c3cc4cnccc4[nH]3)cc2)cc1. The molecule has 4 aromatic heterocycles. The van der Waals surface area contributed by atoms with Crippen LogP contribution in [-0.2, 0) is 58.4 Å². The minimum absolute atomic E-state index is 0.0683. The van der Waals surface area contributed by atoms with E-state index >= 15 is 0 Å². The number of carbonyl (C=O) groups excluding carboxylic acids is 3. The minimum atomic E-state index is -4.42. The van der Waals surface area contributed by atoms with Gasteiger partial charge in [-0.2, -0.15) is 0 Å². The average molecular weight is 970 g/mol. The summed E-state index contributed by atoms with van der Waals surface area (Å²) in [5, 5.41) is 7.47. The molecule has 0 aliphatic carbocycles. The number of hydrogen-bond donors (Lipinski definition) is 5. The van der Waals surface area contributed by atoms with E-state index in [-0.39, 0.29) is 42.8 Å². The molecular weight excluding hydrogens is 923 g/mol. The largest absolute Gasteiger partial charge is 0.398 e. The van der Waals surface area contributed by atoms with E-state index in [1.54, 1.807) is 110 Å². The van der Waals surface area contributed by atoms with Gasteiger partial charge in [0.1, 0.15) is 22.4 Å². The number of anilines is 1. The van der Waals surface area contributed by atoms with Gasteiger partial charge in [-0.15, -0.1) is 0 Å². The Hall–Kier alpha value is -8.25. The van der Waals surface area contributed by atoms with Crippen molar-refractivity contribution < 1.29 is 27.0 Å². The molecule has 1 unspecified atom stereocenters. The van der Waals surface area contributed by atoms with E-state index < -0.39 is 26.9 Å². The van der Waals surface area contributed by atoms with Gasteiger partial charge >= 0.3 is 0 Å². The molecule has 4 heterocycles. The molecule has 9 aromatic rings. The van der Waals surface area contributed by atoms with Gasteiger partial charge in [0.2, 0.25) is 5.91 Å². The average Bonchev–Trinajstić information content (AvgIpc) is 4.04. The Bertz CT molecular complexity index is 3440. The lowest BCUT2D eigenvalue weighted by Gasteiger charge is -2.22. The lowest BCUT2D eigenvalue weighted by atomic mass is 10.0. The molecule has 0 aliphatic rings. The molecule has 70 heavy (non-hydrogen) atoms. The maximum atomic E-state index is 14.4. The number of rotatable bonds is 17. The standard InChI is InChI=1S/C53H47N9O6S2/c1-61(51(63)28-40-9-5-6-10-45(40)54)70(67,68)50-20-15-38(30-58-53(65)49-27-42-32-56-24-22-47(42)60-49)25-44(50)39-16-11-37(12-17-39)34-62(33-36-7-3-2-4-8-36)69(66)43-18-13-35(14-19-43)29-57-52(64)48-26-41-31-55-23-21-46(41)59-48/h2-27,31-32,59-60H,28-30,33-34,54H2,1H3,(H,57,64)(H,58,65). The monoisotopic (exact) mass is 969 g/mol. The van der Waals surface area contributed by atoms with Crippen LogP contribution in [0.25, 0.3) is 32.9 Å². The summed E-state index contributed by atoms with van der Waals surface area (Å²) >= 11 is 0. The van der Waals surface area contributed by atoms with Crippen LogP contribution in [0.3, 0.4) is 0 Å². The molecule has 0 radical (unpaired) electrons. The second kappa shape index (κ2) is 20.5. The molecule has 0 fully saturated rings. The van der Waals surface area contributed by atoms with Crippen molar-refractivity contribution >= 4 is 66.2 Å². The predicted molar refractivity (Wildman–Crippen MR) is 269 cm³/mol. The van der Waals surface area contributed by atoms with E-state index in [1.165, 1.54) is 13.1 Å². The molecule has 352 valence electrons. The number of H-pyrrole nitrogens is 2. The number of benzene rings is 5. The number of para-hydroxylation sites is 1. The summed E-state index contributed by atoms with van der Waals surface area (Å²) in [6.45, 7) is 0.950. The van der Waals surface area contributed by atoms with Crippen molar-refractivity contribution in [3.8, 4) is 11.1 Å². The number of nitrogens with zero attached hydrogens (tertiary/aromatic N) is 4. The number of fused-ring (bicyclic) bond motifs is 2. The third kappa shape index (κ3) is 10.6. The van der Waals surface area contributed by atoms with E-state index in [0.29, 0.717) is 50.8 Å². The Balaban J connectivity index is 0.954. The van der Waals surface area contributed by atoms with E-state index in [9.17, 15) is 27.0 Å². The van der Waals surface area contributed by atoms with E-state index in [1.807, 2.05) is 58.9 Å². The molecule has 0 saturated heterocycles. The summed E-state index contributed by atoms with van der Waals surface area (Å²) < 4.78 is 45.8. The van der Waals surface area contributed by atoms with E-state index in [2.05, 4.69) is 30.6 Å². The molecule has 9 rings (SSSR count). The lowest BCUT2D eigenvalue weighted by molar-refractivity contribution is -0.124. The van der Waals surface area contributed by atoms with Crippen LogP contribution in [-0.4, -0.2) is 65.9 Å². The number of likely N-dealkylation sites (N-methyl/N-ethyl adjacent to an activating group) is 1. The first-order valence-electron chi connectivity index (χ1n) is 22.2. The summed E-state index contributed by atoms with van der Waals surface area (Å²) in [6, 6.07) is 42.8. The lowest BCUT2D eigenvalue weighted by Crippen LogP contribution is -2.34. The second-order valence-electron chi connectivity index (χ2n) is 16.6.